The minimum atomic E-state index is -0.299. The van der Waals surface area contributed by atoms with E-state index in [0.29, 0.717) is 23.9 Å². The van der Waals surface area contributed by atoms with Crippen LogP contribution in [-0.2, 0) is 4.74 Å². The Morgan fingerprint density at radius 3 is 3.00 bits per heavy atom. The molecule has 2 N–H and O–H groups in total. The highest BCUT2D eigenvalue weighted by atomic mass is 19.1. The molecule has 0 saturated carbocycles. The van der Waals surface area contributed by atoms with Crippen molar-refractivity contribution in [3.8, 4) is 0 Å². The second-order valence-electron chi connectivity index (χ2n) is 5.47. The standard InChI is InChI=1S/C16H23FN2O2/c1-12-11-13(17)7-8-15(12)19-16(20)18-9-3-2-5-14-6-4-10-21-14/h7-8,11,14H,2-6,9-10H2,1H3,(H2,18,19,20). The van der Waals surface area contributed by atoms with Crippen LogP contribution in [0, 0.1) is 12.7 Å². The molecule has 1 aliphatic rings. The Balaban J connectivity index is 1.60. The van der Waals surface area contributed by atoms with Crippen LogP contribution in [0.1, 0.15) is 37.7 Å². The molecular formula is C16H23FN2O2. The second kappa shape index (κ2) is 7.98. The molecule has 2 amide bonds. The van der Waals surface area contributed by atoms with E-state index in [4.69, 9.17) is 4.74 Å². The van der Waals surface area contributed by atoms with Crippen LogP contribution in [0.3, 0.4) is 0 Å². The molecule has 2 rings (SSSR count). The summed E-state index contributed by atoms with van der Waals surface area (Å²) in [6, 6.07) is 4.06. The fraction of sp³-hybridized carbons (Fsp3) is 0.562. The van der Waals surface area contributed by atoms with Gasteiger partial charge in [-0.25, -0.2) is 9.18 Å². The molecule has 1 aromatic rings. The van der Waals surface area contributed by atoms with Crippen LogP contribution in [0.4, 0.5) is 14.9 Å². The lowest BCUT2D eigenvalue weighted by molar-refractivity contribution is 0.102. The van der Waals surface area contributed by atoms with E-state index in [1.807, 2.05) is 0 Å². The number of aryl methyl sites for hydroxylation is 1. The molecular weight excluding hydrogens is 271 g/mol. The predicted molar refractivity (Wildman–Crippen MR) is 81.0 cm³/mol. The first kappa shape index (κ1) is 15.8. The Hall–Kier alpha value is -1.62. The number of carbonyl (C=O) groups excluding carboxylic acids is 1. The van der Waals surface area contributed by atoms with Gasteiger partial charge in [-0.2, -0.15) is 0 Å². The summed E-state index contributed by atoms with van der Waals surface area (Å²) < 4.78 is 18.5. The van der Waals surface area contributed by atoms with E-state index in [0.717, 1.165) is 32.3 Å². The number of benzene rings is 1. The Bertz CT molecular complexity index is 473. The quantitative estimate of drug-likeness (QED) is 0.788. The third kappa shape index (κ3) is 5.34. The number of rotatable bonds is 6. The number of unbranched alkanes of at least 4 members (excludes halogenated alkanes) is 1. The van der Waals surface area contributed by atoms with Crippen molar-refractivity contribution in [2.75, 3.05) is 18.5 Å². The van der Waals surface area contributed by atoms with Gasteiger partial charge in [-0.15, -0.1) is 0 Å². The van der Waals surface area contributed by atoms with Gasteiger partial charge < -0.3 is 15.4 Å². The van der Waals surface area contributed by atoms with Crippen molar-refractivity contribution < 1.29 is 13.9 Å². The lowest BCUT2D eigenvalue weighted by Gasteiger charge is -2.11. The number of hydrogen-bond donors (Lipinski definition) is 2. The van der Waals surface area contributed by atoms with E-state index in [2.05, 4.69) is 10.6 Å². The van der Waals surface area contributed by atoms with E-state index >= 15 is 0 Å². The number of halogens is 1. The van der Waals surface area contributed by atoms with Crippen molar-refractivity contribution in [3.05, 3.63) is 29.6 Å². The van der Waals surface area contributed by atoms with Crippen molar-refractivity contribution in [1.29, 1.82) is 0 Å². The maximum atomic E-state index is 13.0. The number of hydrogen-bond acceptors (Lipinski definition) is 2. The summed E-state index contributed by atoms with van der Waals surface area (Å²) in [6.07, 6.45) is 5.82. The normalized spacial score (nSPS) is 17.7. The summed E-state index contributed by atoms with van der Waals surface area (Å²) in [5.74, 6) is -0.299. The minimum absolute atomic E-state index is 0.248. The van der Waals surface area contributed by atoms with Gasteiger partial charge in [0.05, 0.1) is 6.10 Å². The summed E-state index contributed by atoms with van der Waals surface area (Å²) in [7, 11) is 0. The topological polar surface area (TPSA) is 50.4 Å². The molecule has 116 valence electrons. The Kier molecular flexibility index (Phi) is 5.99. The van der Waals surface area contributed by atoms with Crippen molar-refractivity contribution in [3.63, 3.8) is 0 Å². The predicted octanol–water partition coefficient (Wildman–Crippen LogP) is 3.60. The maximum absolute atomic E-state index is 13.0. The second-order valence-corrected chi connectivity index (χ2v) is 5.47. The van der Waals surface area contributed by atoms with Gasteiger partial charge in [-0.3, -0.25) is 0 Å². The molecule has 0 aromatic heterocycles. The highest BCUT2D eigenvalue weighted by molar-refractivity contribution is 5.89. The molecule has 1 aliphatic heterocycles. The van der Waals surface area contributed by atoms with E-state index in [1.54, 1.807) is 13.0 Å². The zero-order chi connectivity index (χ0) is 15.1. The number of nitrogens with one attached hydrogen (secondary N) is 2. The summed E-state index contributed by atoms with van der Waals surface area (Å²) in [4.78, 5) is 11.7. The van der Waals surface area contributed by atoms with Crippen molar-refractivity contribution in [2.24, 2.45) is 0 Å². The fourth-order valence-corrected chi connectivity index (χ4v) is 2.50. The van der Waals surface area contributed by atoms with Crippen LogP contribution in [0.25, 0.3) is 0 Å². The fourth-order valence-electron chi connectivity index (χ4n) is 2.50. The van der Waals surface area contributed by atoms with E-state index in [1.165, 1.54) is 18.6 Å². The molecule has 1 fully saturated rings. The average molecular weight is 294 g/mol. The average Bonchev–Trinajstić information content (AvgIpc) is 2.95. The monoisotopic (exact) mass is 294 g/mol. The van der Waals surface area contributed by atoms with Crippen LogP contribution < -0.4 is 10.6 Å². The number of carbonyl (C=O) groups is 1. The van der Waals surface area contributed by atoms with Crippen molar-refractivity contribution in [2.45, 2.75) is 45.1 Å². The van der Waals surface area contributed by atoms with Crippen LogP contribution in [0.5, 0.6) is 0 Å². The number of urea groups is 1. The van der Waals surface area contributed by atoms with Gasteiger partial charge in [0.15, 0.2) is 0 Å². The zero-order valence-electron chi connectivity index (χ0n) is 12.5. The summed E-state index contributed by atoms with van der Waals surface area (Å²) in [6.45, 7) is 3.29. The van der Waals surface area contributed by atoms with E-state index in [9.17, 15) is 9.18 Å². The molecule has 1 unspecified atom stereocenters. The Morgan fingerprint density at radius 1 is 1.43 bits per heavy atom. The van der Waals surface area contributed by atoms with Gasteiger partial charge in [-0.1, -0.05) is 0 Å². The molecule has 1 heterocycles. The van der Waals surface area contributed by atoms with Gasteiger partial charge in [-0.05, 0) is 62.8 Å². The Morgan fingerprint density at radius 2 is 2.29 bits per heavy atom. The first-order chi connectivity index (χ1) is 10.1. The number of anilines is 1. The van der Waals surface area contributed by atoms with Crippen molar-refractivity contribution in [1.82, 2.24) is 5.32 Å². The molecule has 1 saturated heterocycles. The molecule has 0 aliphatic carbocycles. The smallest absolute Gasteiger partial charge is 0.319 e. The molecule has 21 heavy (non-hydrogen) atoms. The SMILES string of the molecule is Cc1cc(F)ccc1NC(=O)NCCCCC1CCCO1. The van der Waals surface area contributed by atoms with Gasteiger partial charge in [0.2, 0.25) is 0 Å². The summed E-state index contributed by atoms with van der Waals surface area (Å²) in [5.41, 5.74) is 1.34. The molecule has 1 aromatic carbocycles. The van der Waals surface area contributed by atoms with Gasteiger partial charge in [0.25, 0.3) is 0 Å². The summed E-state index contributed by atoms with van der Waals surface area (Å²) in [5, 5.41) is 5.54. The largest absolute Gasteiger partial charge is 0.378 e. The highest BCUT2D eigenvalue weighted by Gasteiger charge is 2.14. The third-order valence-corrected chi connectivity index (χ3v) is 3.70. The molecule has 0 bridgehead atoms. The number of ether oxygens (including phenoxy) is 1. The van der Waals surface area contributed by atoms with E-state index in [-0.39, 0.29) is 11.8 Å². The molecule has 5 heteroatoms. The van der Waals surface area contributed by atoms with Gasteiger partial charge in [0, 0.05) is 18.8 Å². The first-order valence-electron chi connectivity index (χ1n) is 7.58. The summed E-state index contributed by atoms with van der Waals surface area (Å²) >= 11 is 0. The first-order valence-corrected chi connectivity index (χ1v) is 7.58. The molecule has 0 radical (unpaired) electrons. The molecule has 0 spiro atoms. The van der Waals surface area contributed by atoms with Crippen LogP contribution in [0.2, 0.25) is 0 Å². The van der Waals surface area contributed by atoms with Crippen LogP contribution >= 0.6 is 0 Å². The van der Waals surface area contributed by atoms with Crippen molar-refractivity contribution >= 4 is 11.7 Å². The molecule has 4 nitrogen and oxygen atoms in total. The minimum Gasteiger partial charge on any atom is -0.378 e. The molecule has 1 atom stereocenters. The highest BCUT2D eigenvalue weighted by Crippen LogP contribution is 2.17. The number of amides is 2. The third-order valence-electron chi connectivity index (χ3n) is 3.70. The van der Waals surface area contributed by atoms with Crippen LogP contribution in [0.15, 0.2) is 18.2 Å². The van der Waals surface area contributed by atoms with Gasteiger partial charge in [0.1, 0.15) is 5.82 Å². The van der Waals surface area contributed by atoms with E-state index < -0.39 is 0 Å². The maximum Gasteiger partial charge on any atom is 0.319 e. The van der Waals surface area contributed by atoms with Gasteiger partial charge >= 0.3 is 6.03 Å². The van der Waals surface area contributed by atoms with Crippen LogP contribution in [-0.4, -0.2) is 25.3 Å². The zero-order valence-corrected chi connectivity index (χ0v) is 12.5. The Labute approximate surface area is 125 Å². The lowest BCUT2D eigenvalue weighted by Crippen LogP contribution is -2.29. The lowest BCUT2D eigenvalue weighted by atomic mass is 10.1.